The van der Waals surface area contributed by atoms with E-state index in [0.29, 0.717) is 22.7 Å². The normalized spacial score (nSPS) is 12.1. The highest BCUT2D eigenvalue weighted by Crippen LogP contribution is 2.43. The molecule has 2 aromatic heterocycles. The van der Waals surface area contributed by atoms with Gasteiger partial charge in [0.2, 0.25) is 5.89 Å². The molecule has 274 valence electrons. The standard InChI is InChI=1S/C52H38N2O3/c1-52(2,3)37-26-27-46(55)36(28-37)31-53-45-20-8-6-16-43(45)51-54-49-44(42-19-11-18-41-40-15-7-9-21-47(40)56-50(41)42)29-35(30-48(49)57-51)32-22-24-34(25-23-32)39-17-10-13-33-12-4-5-14-38(33)39/h4-31,55H,1-3H3. The lowest BCUT2D eigenvalue weighted by Crippen LogP contribution is -2.11. The summed E-state index contributed by atoms with van der Waals surface area (Å²) < 4.78 is 13.3. The average molecular weight is 739 g/mol. The number of aromatic nitrogens is 1. The Kier molecular flexibility index (Phi) is 8.12. The summed E-state index contributed by atoms with van der Waals surface area (Å²) in [5.41, 5.74) is 12.4. The fourth-order valence-electron chi connectivity index (χ4n) is 7.83. The molecule has 0 radical (unpaired) electrons. The summed E-state index contributed by atoms with van der Waals surface area (Å²) in [4.78, 5) is 10.1. The van der Waals surface area contributed by atoms with Gasteiger partial charge in [0, 0.05) is 33.7 Å². The van der Waals surface area contributed by atoms with Gasteiger partial charge in [-0.15, -0.1) is 0 Å². The predicted molar refractivity (Wildman–Crippen MR) is 235 cm³/mol. The van der Waals surface area contributed by atoms with E-state index in [9.17, 15) is 5.11 Å². The monoisotopic (exact) mass is 738 g/mol. The van der Waals surface area contributed by atoms with Crippen LogP contribution in [0.3, 0.4) is 0 Å². The van der Waals surface area contributed by atoms with E-state index >= 15 is 0 Å². The molecule has 0 saturated carbocycles. The molecule has 10 aromatic rings. The quantitative estimate of drug-likeness (QED) is 0.172. The number of oxazole rings is 1. The molecule has 8 aromatic carbocycles. The third-order valence-corrected chi connectivity index (χ3v) is 10.9. The fraction of sp³-hybridized carbons (Fsp3) is 0.0769. The summed E-state index contributed by atoms with van der Waals surface area (Å²) in [6.07, 6.45) is 1.71. The van der Waals surface area contributed by atoms with E-state index in [-0.39, 0.29) is 11.2 Å². The summed E-state index contributed by atoms with van der Waals surface area (Å²) in [6.45, 7) is 6.45. The molecule has 2 heterocycles. The van der Waals surface area contributed by atoms with Gasteiger partial charge in [-0.1, -0.05) is 142 Å². The Labute approximate surface area is 330 Å². The van der Waals surface area contributed by atoms with Gasteiger partial charge in [0.15, 0.2) is 5.58 Å². The largest absolute Gasteiger partial charge is 0.507 e. The lowest BCUT2D eigenvalue weighted by molar-refractivity contribution is 0.473. The van der Waals surface area contributed by atoms with Crippen molar-refractivity contribution in [3.63, 3.8) is 0 Å². The third-order valence-electron chi connectivity index (χ3n) is 10.9. The molecule has 0 aliphatic heterocycles. The van der Waals surface area contributed by atoms with Crippen molar-refractivity contribution in [3.8, 4) is 50.6 Å². The van der Waals surface area contributed by atoms with Crippen molar-refractivity contribution in [2.45, 2.75) is 26.2 Å². The number of phenols is 1. The fourth-order valence-corrected chi connectivity index (χ4v) is 7.83. The Morgan fingerprint density at radius 1 is 0.544 bits per heavy atom. The number of phenolic OH excluding ortho intramolecular Hbond substituents is 1. The molecule has 1 N–H and O–H groups in total. The Balaban J connectivity index is 1.12. The maximum atomic E-state index is 10.7. The first-order valence-electron chi connectivity index (χ1n) is 19.2. The number of para-hydroxylation sites is 3. The number of rotatable bonds is 6. The van der Waals surface area contributed by atoms with Crippen LogP contribution < -0.4 is 0 Å². The van der Waals surface area contributed by atoms with Gasteiger partial charge in [-0.25, -0.2) is 4.98 Å². The average Bonchev–Trinajstić information content (AvgIpc) is 3.85. The SMILES string of the molecule is CC(C)(C)c1ccc(O)c(C=Nc2ccccc2-c2nc3c(-c4cccc5c4oc4ccccc45)cc(-c4ccc(-c5cccc6ccccc56)cc4)cc3o2)c1. The second kappa shape index (κ2) is 13.5. The molecule has 57 heavy (non-hydrogen) atoms. The van der Waals surface area contributed by atoms with E-state index in [1.165, 1.54) is 16.3 Å². The van der Waals surface area contributed by atoms with Crippen molar-refractivity contribution in [1.82, 2.24) is 4.98 Å². The van der Waals surface area contributed by atoms with Crippen molar-refractivity contribution in [2.24, 2.45) is 4.99 Å². The molecule has 10 rings (SSSR count). The van der Waals surface area contributed by atoms with Crippen LogP contribution in [-0.4, -0.2) is 16.3 Å². The highest BCUT2D eigenvalue weighted by molar-refractivity contribution is 6.12. The molecule has 0 fully saturated rings. The van der Waals surface area contributed by atoms with Crippen LogP contribution in [0.5, 0.6) is 5.75 Å². The summed E-state index contributed by atoms with van der Waals surface area (Å²) in [7, 11) is 0. The number of nitrogens with zero attached hydrogens (tertiary/aromatic N) is 2. The van der Waals surface area contributed by atoms with Crippen molar-refractivity contribution < 1.29 is 13.9 Å². The first kappa shape index (κ1) is 34.3. The van der Waals surface area contributed by atoms with Gasteiger partial charge in [0.1, 0.15) is 22.4 Å². The molecule has 0 aliphatic rings. The maximum Gasteiger partial charge on any atom is 0.229 e. The molecule has 0 amide bonds. The molecule has 0 saturated heterocycles. The lowest BCUT2D eigenvalue weighted by atomic mass is 9.86. The van der Waals surface area contributed by atoms with Gasteiger partial charge in [-0.3, -0.25) is 4.99 Å². The molecular weight excluding hydrogens is 701 g/mol. The molecule has 0 bridgehead atoms. The first-order valence-corrected chi connectivity index (χ1v) is 19.2. The Morgan fingerprint density at radius 2 is 1.23 bits per heavy atom. The summed E-state index contributed by atoms with van der Waals surface area (Å²) >= 11 is 0. The van der Waals surface area contributed by atoms with Gasteiger partial charge in [0.25, 0.3) is 0 Å². The van der Waals surface area contributed by atoms with Crippen LogP contribution in [0.15, 0.2) is 178 Å². The van der Waals surface area contributed by atoms with Gasteiger partial charge < -0.3 is 13.9 Å². The molecule has 0 aliphatic carbocycles. The van der Waals surface area contributed by atoms with Gasteiger partial charge in [-0.2, -0.15) is 0 Å². The number of fused-ring (bicyclic) bond motifs is 5. The van der Waals surface area contributed by atoms with E-state index < -0.39 is 0 Å². The first-order chi connectivity index (χ1) is 27.8. The summed E-state index contributed by atoms with van der Waals surface area (Å²) in [5, 5.41) is 15.3. The van der Waals surface area contributed by atoms with Crippen LogP contribution in [0, 0.1) is 0 Å². The summed E-state index contributed by atoms with van der Waals surface area (Å²) in [6, 6.07) is 55.8. The molecule has 5 heteroatoms. The van der Waals surface area contributed by atoms with Crippen LogP contribution in [0.1, 0.15) is 31.9 Å². The van der Waals surface area contributed by atoms with E-state index in [1.54, 1.807) is 12.3 Å². The number of aromatic hydroxyl groups is 1. The molecular formula is C52H38N2O3. The van der Waals surface area contributed by atoms with E-state index in [1.807, 2.05) is 54.6 Å². The van der Waals surface area contributed by atoms with Crippen molar-refractivity contribution >= 4 is 55.7 Å². The smallest absolute Gasteiger partial charge is 0.229 e. The second-order valence-corrected chi connectivity index (χ2v) is 15.6. The third kappa shape index (κ3) is 6.14. The maximum absolute atomic E-state index is 10.7. The topological polar surface area (TPSA) is 71.8 Å². The zero-order chi connectivity index (χ0) is 38.7. The molecule has 0 spiro atoms. The van der Waals surface area contributed by atoms with E-state index in [4.69, 9.17) is 18.8 Å². The predicted octanol–water partition coefficient (Wildman–Crippen LogP) is 14.3. The highest BCUT2D eigenvalue weighted by atomic mass is 16.3. The van der Waals surface area contributed by atoms with E-state index in [2.05, 4.69) is 124 Å². The van der Waals surface area contributed by atoms with Gasteiger partial charge in [0.05, 0.1) is 11.3 Å². The second-order valence-electron chi connectivity index (χ2n) is 15.6. The molecule has 0 unspecified atom stereocenters. The van der Waals surface area contributed by atoms with E-state index in [0.717, 1.165) is 66.4 Å². The zero-order valence-corrected chi connectivity index (χ0v) is 31.8. The van der Waals surface area contributed by atoms with Crippen LogP contribution in [0.4, 0.5) is 5.69 Å². The minimum absolute atomic E-state index is 0.0749. The molecule has 0 atom stereocenters. The Bertz CT molecular complexity index is 3170. The number of aliphatic imine (C=N–C) groups is 1. The number of hydrogen-bond acceptors (Lipinski definition) is 5. The van der Waals surface area contributed by atoms with Crippen LogP contribution in [-0.2, 0) is 5.41 Å². The van der Waals surface area contributed by atoms with Crippen molar-refractivity contribution in [2.75, 3.05) is 0 Å². The zero-order valence-electron chi connectivity index (χ0n) is 31.8. The number of furan rings is 1. The lowest BCUT2D eigenvalue weighted by Gasteiger charge is -2.19. The minimum atomic E-state index is -0.0749. The van der Waals surface area contributed by atoms with Crippen LogP contribution >= 0.6 is 0 Å². The minimum Gasteiger partial charge on any atom is -0.507 e. The van der Waals surface area contributed by atoms with Crippen LogP contribution in [0.2, 0.25) is 0 Å². The summed E-state index contributed by atoms with van der Waals surface area (Å²) in [5.74, 6) is 0.625. The Hall–Kier alpha value is -7.24. The van der Waals surface area contributed by atoms with Crippen LogP contribution in [0.25, 0.3) is 88.6 Å². The number of benzene rings is 8. The van der Waals surface area contributed by atoms with Gasteiger partial charge >= 0.3 is 0 Å². The molecule has 5 nitrogen and oxygen atoms in total. The van der Waals surface area contributed by atoms with Gasteiger partial charge in [-0.05, 0) is 86.5 Å². The van der Waals surface area contributed by atoms with Crippen molar-refractivity contribution in [1.29, 1.82) is 0 Å². The highest BCUT2D eigenvalue weighted by Gasteiger charge is 2.21. The number of hydrogen-bond donors (Lipinski definition) is 1. The Morgan fingerprint density at radius 3 is 2.09 bits per heavy atom. The van der Waals surface area contributed by atoms with Crippen molar-refractivity contribution in [3.05, 3.63) is 175 Å².